The lowest BCUT2D eigenvalue weighted by molar-refractivity contribution is -0.117. The molecule has 2 heterocycles. The first kappa shape index (κ1) is 14.9. The summed E-state index contributed by atoms with van der Waals surface area (Å²) in [4.78, 5) is 27.3. The van der Waals surface area contributed by atoms with Gasteiger partial charge in [-0.15, -0.1) is 21.5 Å². The van der Waals surface area contributed by atoms with Crippen LogP contribution in [0.15, 0.2) is 28.7 Å². The van der Waals surface area contributed by atoms with E-state index in [2.05, 4.69) is 25.8 Å². The van der Waals surface area contributed by atoms with Crippen molar-refractivity contribution in [3.8, 4) is 0 Å². The van der Waals surface area contributed by atoms with Crippen molar-refractivity contribution in [3.63, 3.8) is 0 Å². The summed E-state index contributed by atoms with van der Waals surface area (Å²) in [5.74, 6) is 0.645. The van der Waals surface area contributed by atoms with Gasteiger partial charge < -0.3 is 10.6 Å². The van der Waals surface area contributed by atoms with Gasteiger partial charge in [0.1, 0.15) is 5.03 Å². The van der Waals surface area contributed by atoms with E-state index in [9.17, 15) is 9.59 Å². The molecule has 1 aliphatic carbocycles. The third-order valence-corrected chi connectivity index (χ3v) is 4.48. The second-order valence-corrected chi connectivity index (χ2v) is 6.58. The van der Waals surface area contributed by atoms with E-state index < -0.39 is 0 Å². The number of hydrogen-bond donors (Lipinski definition) is 2. The second-order valence-electron chi connectivity index (χ2n) is 4.69. The minimum absolute atomic E-state index is 0.00229. The highest BCUT2D eigenvalue weighted by Gasteiger charge is 2.29. The zero-order valence-electron chi connectivity index (χ0n) is 11.5. The van der Waals surface area contributed by atoms with Gasteiger partial charge >= 0.3 is 0 Å². The summed E-state index contributed by atoms with van der Waals surface area (Å²) in [6.45, 7) is 0. The molecule has 2 aromatic heterocycles. The molecule has 7 nitrogen and oxygen atoms in total. The molecule has 0 atom stereocenters. The number of carbonyl (C=O) groups excluding carboxylic acids is 2. The molecule has 9 heteroatoms. The molecule has 22 heavy (non-hydrogen) atoms. The molecular formula is C13H13N5O2S2. The number of anilines is 2. The largest absolute Gasteiger partial charge is 0.309 e. The minimum Gasteiger partial charge on any atom is -0.309 e. The zero-order valence-corrected chi connectivity index (χ0v) is 13.1. The van der Waals surface area contributed by atoms with Gasteiger partial charge in [-0.25, -0.2) is 4.98 Å². The van der Waals surface area contributed by atoms with Crippen molar-refractivity contribution in [2.24, 2.45) is 5.92 Å². The summed E-state index contributed by atoms with van der Waals surface area (Å²) in [5, 5.41) is 16.3. The zero-order chi connectivity index (χ0) is 15.4. The summed E-state index contributed by atoms with van der Waals surface area (Å²) < 4.78 is 0. The predicted molar refractivity (Wildman–Crippen MR) is 84.9 cm³/mol. The number of hydrogen-bond acceptors (Lipinski definition) is 7. The molecule has 114 valence electrons. The molecule has 0 radical (unpaired) electrons. The Morgan fingerprint density at radius 1 is 1.27 bits per heavy atom. The minimum atomic E-state index is -0.145. The molecule has 0 spiro atoms. The quantitative estimate of drug-likeness (QED) is 0.784. The highest BCUT2D eigenvalue weighted by Crippen LogP contribution is 2.29. The molecule has 0 aliphatic heterocycles. The molecule has 1 aliphatic rings. The number of thioether (sulfide) groups is 1. The maximum Gasteiger partial charge on any atom is 0.236 e. The molecule has 1 fully saturated rings. The third kappa shape index (κ3) is 4.25. The van der Waals surface area contributed by atoms with Crippen molar-refractivity contribution in [3.05, 3.63) is 23.7 Å². The molecule has 2 aromatic rings. The predicted octanol–water partition coefficient (Wildman–Crippen LogP) is 2.01. The number of rotatable bonds is 6. The summed E-state index contributed by atoms with van der Waals surface area (Å²) >= 11 is 2.64. The number of amides is 2. The van der Waals surface area contributed by atoms with Gasteiger partial charge in [0.15, 0.2) is 10.9 Å². The maximum absolute atomic E-state index is 11.7. The van der Waals surface area contributed by atoms with Crippen LogP contribution in [-0.4, -0.2) is 32.7 Å². The van der Waals surface area contributed by atoms with Crippen molar-refractivity contribution < 1.29 is 9.59 Å². The molecule has 2 N–H and O–H groups in total. The smallest absolute Gasteiger partial charge is 0.236 e. The first-order chi connectivity index (χ1) is 10.7. The number of thiazole rings is 1. The van der Waals surface area contributed by atoms with Gasteiger partial charge in [0, 0.05) is 17.5 Å². The van der Waals surface area contributed by atoms with Gasteiger partial charge in [-0.3, -0.25) is 9.59 Å². The van der Waals surface area contributed by atoms with Crippen LogP contribution in [0.2, 0.25) is 0 Å². The molecule has 1 saturated carbocycles. The van der Waals surface area contributed by atoms with Gasteiger partial charge in [-0.05, 0) is 25.0 Å². The standard InChI is InChI=1S/C13H13N5O2S2/c19-10(16-13-14-5-6-21-13)7-22-11-4-3-9(17-18-11)15-12(20)8-1-2-8/h3-6,8H,1-2,7H2,(H,14,16,19)(H,15,17,20). The van der Waals surface area contributed by atoms with Gasteiger partial charge in [-0.2, -0.15) is 0 Å². The average Bonchev–Trinajstić information content (AvgIpc) is 3.26. The van der Waals surface area contributed by atoms with E-state index in [1.807, 2.05) is 0 Å². The van der Waals surface area contributed by atoms with Gasteiger partial charge in [0.2, 0.25) is 11.8 Å². The van der Waals surface area contributed by atoms with Gasteiger partial charge in [-0.1, -0.05) is 11.8 Å². The highest BCUT2D eigenvalue weighted by molar-refractivity contribution is 7.99. The Hall–Kier alpha value is -2.00. The van der Waals surface area contributed by atoms with Crippen LogP contribution < -0.4 is 10.6 Å². The van der Waals surface area contributed by atoms with Crippen molar-refractivity contribution in [2.45, 2.75) is 17.9 Å². The topological polar surface area (TPSA) is 96.9 Å². The van der Waals surface area contributed by atoms with Crippen molar-refractivity contribution in [1.29, 1.82) is 0 Å². The van der Waals surface area contributed by atoms with E-state index in [0.29, 0.717) is 16.0 Å². The van der Waals surface area contributed by atoms with E-state index in [1.54, 1.807) is 23.7 Å². The lowest BCUT2D eigenvalue weighted by Gasteiger charge is -2.04. The lowest BCUT2D eigenvalue weighted by Crippen LogP contribution is -2.15. The van der Waals surface area contributed by atoms with Crippen LogP contribution in [0, 0.1) is 5.92 Å². The van der Waals surface area contributed by atoms with Crippen molar-refractivity contribution in [1.82, 2.24) is 15.2 Å². The van der Waals surface area contributed by atoms with E-state index in [0.717, 1.165) is 12.8 Å². The van der Waals surface area contributed by atoms with Crippen LogP contribution >= 0.6 is 23.1 Å². The number of nitrogens with zero attached hydrogens (tertiary/aromatic N) is 3. The molecule has 3 rings (SSSR count). The summed E-state index contributed by atoms with van der Waals surface area (Å²) in [6.07, 6.45) is 3.52. The average molecular weight is 335 g/mol. The highest BCUT2D eigenvalue weighted by atomic mass is 32.2. The Kier molecular flexibility index (Phi) is 4.64. The maximum atomic E-state index is 11.7. The fourth-order valence-electron chi connectivity index (χ4n) is 1.62. The van der Waals surface area contributed by atoms with Crippen LogP contribution in [0.4, 0.5) is 10.9 Å². The molecular weight excluding hydrogens is 322 g/mol. The van der Waals surface area contributed by atoms with Gasteiger partial charge in [0.05, 0.1) is 5.75 Å². The van der Waals surface area contributed by atoms with Crippen LogP contribution in [0.3, 0.4) is 0 Å². The molecule has 0 aromatic carbocycles. The van der Waals surface area contributed by atoms with Gasteiger partial charge in [0.25, 0.3) is 0 Å². The van der Waals surface area contributed by atoms with Crippen molar-refractivity contribution in [2.75, 3.05) is 16.4 Å². The summed E-state index contributed by atoms with van der Waals surface area (Å²) in [7, 11) is 0. The summed E-state index contributed by atoms with van der Waals surface area (Å²) in [5.41, 5.74) is 0. The lowest BCUT2D eigenvalue weighted by atomic mass is 10.4. The van der Waals surface area contributed by atoms with Crippen LogP contribution in [0.25, 0.3) is 0 Å². The SMILES string of the molecule is O=C(CSc1ccc(NC(=O)C2CC2)nn1)Nc1nccs1. The molecule has 2 amide bonds. The van der Waals surface area contributed by atoms with Crippen LogP contribution in [0.1, 0.15) is 12.8 Å². The second kappa shape index (κ2) is 6.84. The monoisotopic (exact) mass is 335 g/mol. The van der Waals surface area contributed by atoms with E-state index >= 15 is 0 Å². The number of aromatic nitrogens is 3. The molecule has 0 bridgehead atoms. The molecule has 0 saturated heterocycles. The van der Waals surface area contributed by atoms with Crippen LogP contribution in [0.5, 0.6) is 0 Å². The summed E-state index contributed by atoms with van der Waals surface area (Å²) in [6, 6.07) is 3.42. The fraction of sp³-hybridized carbons (Fsp3) is 0.308. The van der Waals surface area contributed by atoms with Crippen molar-refractivity contribution >= 4 is 45.9 Å². The fourth-order valence-corrected chi connectivity index (χ4v) is 2.78. The van der Waals surface area contributed by atoms with E-state index in [4.69, 9.17) is 0 Å². The molecule has 0 unspecified atom stereocenters. The first-order valence-corrected chi connectivity index (χ1v) is 8.54. The Bertz CT molecular complexity index is 656. The Balaban J connectivity index is 1.46. The Morgan fingerprint density at radius 2 is 2.14 bits per heavy atom. The number of carbonyl (C=O) groups is 2. The van der Waals surface area contributed by atoms with E-state index in [-0.39, 0.29) is 23.5 Å². The van der Waals surface area contributed by atoms with Crippen LogP contribution in [-0.2, 0) is 9.59 Å². The van der Waals surface area contributed by atoms with E-state index in [1.165, 1.54) is 23.1 Å². The normalized spacial score (nSPS) is 13.6. The third-order valence-electron chi connectivity index (χ3n) is 2.87. The number of nitrogens with one attached hydrogen (secondary N) is 2. The Labute approximate surface area is 134 Å². The Morgan fingerprint density at radius 3 is 2.77 bits per heavy atom. The first-order valence-electron chi connectivity index (χ1n) is 6.67.